The summed E-state index contributed by atoms with van der Waals surface area (Å²) in [5.74, 6) is 0.621. The van der Waals surface area contributed by atoms with Gasteiger partial charge >= 0.3 is 13.1 Å². The smallest absolute Gasteiger partial charge is 0.479 e. The summed E-state index contributed by atoms with van der Waals surface area (Å²) in [7, 11) is -0.922. The molecule has 7 nitrogen and oxygen atoms in total. The summed E-state index contributed by atoms with van der Waals surface area (Å²) in [4.78, 5) is 15.3. The van der Waals surface area contributed by atoms with Crippen molar-refractivity contribution >= 4 is 24.2 Å². The minimum absolute atomic E-state index is 0.260. The molecule has 0 bridgehead atoms. The van der Waals surface area contributed by atoms with E-state index in [2.05, 4.69) is 4.85 Å². The second kappa shape index (κ2) is 7.93. The molecule has 0 atom stereocenters. The second-order valence-corrected chi connectivity index (χ2v) is 7.24. The first-order valence-electron chi connectivity index (χ1n) is 8.72. The molecule has 144 valence electrons. The van der Waals surface area contributed by atoms with Crippen LogP contribution >= 0.6 is 0 Å². The number of nitrogens with zero attached hydrogens (tertiary/aromatic N) is 1. The predicted molar refractivity (Wildman–Crippen MR) is 103 cm³/mol. The lowest BCUT2D eigenvalue weighted by atomic mass is 9.80. The molecule has 0 aromatic heterocycles. The zero-order chi connectivity index (χ0) is 20.3. The molecule has 2 aromatic carbocycles. The van der Waals surface area contributed by atoms with Crippen molar-refractivity contribution in [2.24, 2.45) is 0 Å². The molecule has 2 aromatic rings. The van der Waals surface area contributed by atoms with Gasteiger partial charge in [-0.15, -0.1) is 0 Å². The third-order valence-electron chi connectivity index (χ3n) is 3.83. The van der Waals surface area contributed by atoms with Gasteiger partial charge in [0, 0.05) is 0 Å². The summed E-state index contributed by atoms with van der Waals surface area (Å²) in [6.45, 7) is 12.5. The van der Waals surface area contributed by atoms with Crippen molar-refractivity contribution in [3.63, 3.8) is 0 Å². The van der Waals surface area contributed by atoms with Crippen LogP contribution in [0.25, 0.3) is 4.85 Å². The summed E-state index contributed by atoms with van der Waals surface area (Å²) in [5.41, 5.74) is 1.28. The Hall–Kier alpha value is -3.02. The van der Waals surface area contributed by atoms with Crippen LogP contribution in [0.2, 0.25) is 0 Å². The summed E-state index contributed by atoms with van der Waals surface area (Å²) in [6.07, 6.45) is 0. The number of hydrogen-bond acceptors (Lipinski definition) is 6. The predicted octanol–water partition coefficient (Wildman–Crippen LogP) is 2.97. The number of fused-ring (bicyclic) bond motifs is 1. The molecular weight excluding hydrogens is 361 g/mol. The van der Waals surface area contributed by atoms with Crippen LogP contribution in [0.5, 0.6) is 17.2 Å². The van der Waals surface area contributed by atoms with Crippen LogP contribution in [0.1, 0.15) is 26.3 Å². The van der Waals surface area contributed by atoms with Gasteiger partial charge in [0.25, 0.3) is 0 Å². The summed E-state index contributed by atoms with van der Waals surface area (Å²) >= 11 is 0. The molecule has 0 aliphatic carbocycles. The van der Waals surface area contributed by atoms with E-state index in [0.29, 0.717) is 29.3 Å². The minimum atomic E-state index is -0.922. The molecule has 0 fully saturated rings. The lowest BCUT2D eigenvalue weighted by Crippen LogP contribution is -2.27. The number of ether oxygens (including phenoxy) is 3. The molecule has 0 unspecified atom stereocenters. The monoisotopic (exact) mass is 381 g/mol. The molecule has 1 aliphatic heterocycles. The lowest BCUT2D eigenvalue weighted by Gasteiger charge is -2.20. The van der Waals surface area contributed by atoms with E-state index in [4.69, 9.17) is 25.4 Å². The summed E-state index contributed by atoms with van der Waals surface area (Å²) < 4.78 is 21.9. The Balaban J connectivity index is 1.77. The van der Waals surface area contributed by atoms with Crippen molar-refractivity contribution in [2.45, 2.75) is 33.0 Å². The van der Waals surface area contributed by atoms with Gasteiger partial charge in [-0.2, -0.15) is 0 Å². The van der Waals surface area contributed by atoms with Crippen molar-refractivity contribution in [3.05, 3.63) is 53.4 Å². The highest BCUT2D eigenvalue weighted by Crippen LogP contribution is 2.35. The molecule has 1 heterocycles. The van der Waals surface area contributed by atoms with E-state index in [1.807, 2.05) is 0 Å². The van der Waals surface area contributed by atoms with Crippen molar-refractivity contribution in [1.82, 2.24) is 0 Å². The average Bonchev–Trinajstić information content (AvgIpc) is 3.00. The molecule has 0 radical (unpaired) electrons. The maximum atomic E-state index is 11.9. The summed E-state index contributed by atoms with van der Waals surface area (Å²) in [5, 5.41) is 9.71. The van der Waals surface area contributed by atoms with Gasteiger partial charge in [-0.25, -0.2) is 9.64 Å². The number of carbonyl (C=O) groups excluding carboxylic acids is 1. The fraction of sp³-hybridized carbons (Fsp3) is 0.300. The number of esters is 1. The van der Waals surface area contributed by atoms with Crippen molar-refractivity contribution in [1.29, 1.82) is 0 Å². The van der Waals surface area contributed by atoms with Crippen LogP contribution in [0.4, 0.5) is 5.69 Å². The number of benzene rings is 2. The van der Waals surface area contributed by atoms with Gasteiger partial charge in [0.05, 0.1) is 13.2 Å². The largest absolute Gasteiger partial charge is 0.491 e. The summed E-state index contributed by atoms with van der Waals surface area (Å²) in [6, 6.07) is 9.92. The van der Waals surface area contributed by atoms with Gasteiger partial charge in [-0.3, -0.25) is 0 Å². The lowest BCUT2D eigenvalue weighted by molar-refractivity contribution is -0.157. The minimum Gasteiger partial charge on any atom is -0.479 e. The maximum absolute atomic E-state index is 11.9. The van der Waals surface area contributed by atoms with Crippen molar-refractivity contribution in [2.75, 3.05) is 6.61 Å². The van der Waals surface area contributed by atoms with E-state index in [1.165, 1.54) is 6.07 Å². The van der Waals surface area contributed by atoms with E-state index in [-0.39, 0.29) is 12.4 Å². The zero-order valence-corrected chi connectivity index (χ0v) is 15.9. The third kappa shape index (κ3) is 4.82. The molecule has 0 saturated carbocycles. The van der Waals surface area contributed by atoms with E-state index in [9.17, 15) is 9.82 Å². The van der Waals surface area contributed by atoms with Crippen LogP contribution in [0.3, 0.4) is 0 Å². The molecule has 8 heteroatoms. The van der Waals surface area contributed by atoms with Gasteiger partial charge in [-0.1, -0.05) is 12.1 Å². The zero-order valence-electron chi connectivity index (χ0n) is 15.9. The molecular formula is C20H20BNO6. The Kier molecular flexibility index (Phi) is 5.59. The van der Waals surface area contributed by atoms with Gasteiger partial charge in [-0.05, 0) is 56.1 Å². The van der Waals surface area contributed by atoms with E-state index in [1.54, 1.807) is 51.1 Å². The van der Waals surface area contributed by atoms with E-state index >= 15 is 0 Å². The molecule has 1 aliphatic rings. The molecule has 1 N–H and O–H groups in total. The first kappa shape index (κ1) is 19.7. The molecule has 0 amide bonds. The highest BCUT2D eigenvalue weighted by Gasteiger charge is 2.27. The Morgan fingerprint density at radius 2 is 2.04 bits per heavy atom. The van der Waals surface area contributed by atoms with Gasteiger partial charge in [0.1, 0.15) is 11.4 Å². The normalized spacial score (nSPS) is 12.9. The van der Waals surface area contributed by atoms with Gasteiger partial charge < -0.3 is 23.9 Å². The van der Waals surface area contributed by atoms with Crippen LogP contribution in [-0.4, -0.2) is 30.3 Å². The maximum Gasteiger partial charge on any atom is 0.491 e. The number of rotatable bonds is 5. The Labute approximate surface area is 163 Å². The average molecular weight is 381 g/mol. The molecule has 28 heavy (non-hydrogen) atoms. The molecule has 3 rings (SSSR count). The Morgan fingerprint density at radius 1 is 1.25 bits per heavy atom. The highest BCUT2D eigenvalue weighted by molar-refractivity contribution is 6.61. The van der Waals surface area contributed by atoms with Crippen LogP contribution in [0.15, 0.2) is 36.4 Å². The van der Waals surface area contributed by atoms with Crippen LogP contribution in [0, 0.1) is 6.57 Å². The first-order valence-corrected chi connectivity index (χ1v) is 8.72. The molecule has 0 spiro atoms. The Bertz CT molecular complexity index is 931. The fourth-order valence-corrected chi connectivity index (χ4v) is 2.67. The fourth-order valence-electron chi connectivity index (χ4n) is 2.67. The number of carbonyl (C=O) groups is 1. The highest BCUT2D eigenvalue weighted by atomic mass is 16.6. The molecule has 0 saturated heterocycles. The Morgan fingerprint density at radius 3 is 2.75 bits per heavy atom. The SMILES string of the molecule is [C-]#[N+]c1ccc(Oc2ccc3c(c2)COB3O)c(OCC(=O)OC(C)(C)C)c1. The quantitative estimate of drug-likeness (QED) is 0.488. The second-order valence-electron chi connectivity index (χ2n) is 7.24. The van der Waals surface area contributed by atoms with E-state index in [0.717, 1.165) is 5.56 Å². The third-order valence-corrected chi connectivity index (χ3v) is 3.83. The van der Waals surface area contributed by atoms with Crippen LogP contribution in [-0.2, 0) is 20.8 Å². The van der Waals surface area contributed by atoms with Crippen molar-refractivity contribution < 1.29 is 28.7 Å². The topological polar surface area (TPSA) is 78.6 Å². The van der Waals surface area contributed by atoms with Crippen molar-refractivity contribution in [3.8, 4) is 17.2 Å². The first-order chi connectivity index (χ1) is 13.2. The van der Waals surface area contributed by atoms with Gasteiger partial charge in [0.15, 0.2) is 23.8 Å². The number of hydrogen-bond donors (Lipinski definition) is 1. The van der Waals surface area contributed by atoms with E-state index < -0.39 is 18.7 Å². The van der Waals surface area contributed by atoms with Gasteiger partial charge in [0.2, 0.25) is 0 Å². The standard InChI is InChI=1S/C20H20BNO6/c1-20(2,3)28-19(23)12-25-18-10-14(22-4)5-8-17(18)27-15-6-7-16-13(9-15)11-26-21(16)24/h5-10,24H,11-12H2,1-3H3. The van der Waals surface area contributed by atoms with Crippen LogP contribution < -0.4 is 14.9 Å².